The summed E-state index contributed by atoms with van der Waals surface area (Å²) in [6.45, 7) is 2.58. The van der Waals surface area contributed by atoms with E-state index in [1.54, 1.807) is 6.07 Å². The molecule has 19 heavy (non-hydrogen) atoms. The number of hydrogen-bond donors (Lipinski definition) is 0. The van der Waals surface area contributed by atoms with Crippen molar-refractivity contribution in [1.82, 2.24) is 8.69 Å². The van der Waals surface area contributed by atoms with E-state index in [1.165, 1.54) is 26.2 Å². The highest BCUT2D eigenvalue weighted by Gasteiger charge is 2.31. The Morgan fingerprint density at radius 2 is 1.63 bits per heavy atom. The third-order valence-corrected chi connectivity index (χ3v) is 7.18. The van der Waals surface area contributed by atoms with Gasteiger partial charge in [0.25, 0.3) is 0 Å². The van der Waals surface area contributed by atoms with Crippen molar-refractivity contribution in [3.63, 3.8) is 0 Å². The lowest BCUT2D eigenvalue weighted by molar-refractivity contribution is 0.496. The van der Waals surface area contributed by atoms with Gasteiger partial charge in [-0.2, -0.15) is 0 Å². The molecule has 0 N–H and O–H groups in total. The molecule has 0 bridgehead atoms. The summed E-state index contributed by atoms with van der Waals surface area (Å²) in [5, 5.41) is 0. The third kappa shape index (κ3) is 4.23. The standard InChI is InChI=1S/C10H15BrN2O4S2/c1-3-18(14,15)13(19(16,17)4-2)8-9-5-10(11)7-12-6-9/h5-7H,3-4,8H2,1-2H3. The van der Waals surface area contributed by atoms with Gasteiger partial charge in [-0.05, 0) is 41.4 Å². The van der Waals surface area contributed by atoms with Crippen LogP contribution < -0.4 is 0 Å². The van der Waals surface area contributed by atoms with Gasteiger partial charge in [-0.3, -0.25) is 4.98 Å². The summed E-state index contributed by atoms with van der Waals surface area (Å²) in [5.41, 5.74) is 0.503. The van der Waals surface area contributed by atoms with E-state index in [0.717, 1.165) is 0 Å². The molecule has 0 saturated heterocycles. The van der Waals surface area contributed by atoms with Gasteiger partial charge in [0.2, 0.25) is 20.0 Å². The van der Waals surface area contributed by atoms with E-state index < -0.39 is 20.0 Å². The second-order valence-electron chi connectivity index (χ2n) is 3.74. The molecular formula is C10H15BrN2O4S2. The molecule has 0 aliphatic heterocycles. The Morgan fingerprint density at radius 1 is 1.11 bits per heavy atom. The lowest BCUT2D eigenvalue weighted by atomic mass is 10.3. The zero-order valence-corrected chi connectivity index (χ0v) is 13.8. The number of aromatic nitrogens is 1. The predicted molar refractivity (Wildman–Crippen MR) is 76.4 cm³/mol. The van der Waals surface area contributed by atoms with Gasteiger partial charge >= 0.3 is 0 Å². The number of sulfonamides is 2. The summed E-state index contributed by atoms with van der Waals surface area (Å²) in [6, 6.07) is 1.64. The maximum atomic E-state index is 11.9. The fourth-order valence-corrected chi connectivity index (χ4v) is 5.05. The highest BCUT2D eigenvalue weighted by Crippen LogP contribution is 2.17. The third-order valence-electron chi connectivity index (χ3n) is 2.42. The van der Waals surface area contributed by atoms with Gasteiger partial charge in [0.05, 0.1) is 18.1 Å². The van der Waals surface area contributed by atoms with Gasteiger partial charge in [-0.1, -0.05) is 3.71 Å². The first-order chi connectivity index (χ1) is 8.73. The van der Waals surface area contributed by atoms with Gasteiger partial charge in [-0.25, -0.2) is 16.8 Å². The first-order valence-electron chi connectivity index (χ1n) is 5.55. The van der Waals surface area contributed by atoms with Crippen LogP contribution in [-0.4, -0.2) is 37.0 Å². The minimum absolute atomic E-state index is 0.237. The highest BCUT2D eigenvalue weighted by atomic mass is 79.9. The van der Waals surface area contributed by atoms with E-state index >= 15 is 0 Å². The predicted octanol–water partition coefficient (Wildman–Crippen LogP) is 1.35. The maximum absolute atomic E-state index is 11.9. The van der Waals surface area contributed by atoms with Crippen molar-refractivity contribution in [3.8, 4) is 0 Å². The second-order valence-corrected chi connectivity index (χ2v) is 9.25. The van der Waals surface area contributed by atoms with E-state index in [2.05, 4.69) is 20.9 Å². The normalized spacial score (nSPS) is 12.8. The van der Waals surface area contributed by atoms with Crippen molar-refractivity contribution < 1.29 is 16.8 Å². The molecule has 0 amide bonds. The Bertz CT molecular complexity index is 609. The molecule has 0 spiro atoms. The fraction of sp³-hybridized carbons (Fsp3) is 0.500. The van der Waals surface area contributed by atoms with Crippen LogP contribution in [0.4, 0.5) is 0 Å². The van der Waals surface area contributed by atoms with Crippen molar-refractivity contribution in [2.75, 3.05) is 11.5 Å². The monoisotopic (exact) mass is 370 g/mol. The average Bonchev–Trinajstić information content (AvgIpc) is 2.35. The summed E-state index contributed by atoms with van der Waals surface area (Å²) in [4.78, 5) is 3.89. The molecular weight excluding hydrogens is 356 g/mol. The molecule has 1 aromatic heterocycles. The molecule has 0 radical (unpaired) electrons. The number of hydrogen-bond acceptors (Lipinski definition) is 5. The molecule has 0 atom stereocenters. The van der Waals surface area contributed by atoms with Crippen LogP contribution in [0.15, 0.2) is 22.9 Å². The van der Waals surface area contributed by atoms with Crippen LogP contribution in [0, 0.1) is 0 Å². The Labute approximate surface area is 122 Å². The number of nitrogens with zero attached hydrogens (tertiary/aromatic N) is 2. The lowest BCUT2D eigenvalue weighted by Crippen LogP contribution is -2.38. The number of rotatable bonds is 6. The molecule has 108 valence electrons. The van der Waals surface area contributed by atoms with Gasteiger partial charge < -0.3 is 0 Å². The molecule has 0 aliphatic rings. The van der Waals surface area contributed by atoms with E-state index in [-0.39, 0.29) is 18.1 Å². The zero-order valence-electron chi connectivity index (χ0n) is 10.6. The molecule has 0 aromatic carbocycles. The lowest BCUT2D eigenvalue weighted by Gasteiger charge is -2.20. The Morgan fingerprint density at radius 3 is 2.05 bits per heavy atom. The molecule has 0 fully saturated rings. The van der Waals surface area contributed by atoms with Crippen LogP contribution in [0.25, 0.3) is 0 Å². The number of pyridine rings is 1. The average molecular weight is 371 g/mol. The molecule has 0 saturated carbocycles. The molecule has 6 nitrogen and oxygen atoms in total. The first-order valence-corrected chi connectivity index (χ1v) is 9.56. The molecule has 9 heteroatoms. The topological polar surface area (TPSA) is 84.4 Å². The van der Waals surface area contributed by atoms with Gasteiger partial charge in [0, 0.05) is 16.9 Å². The Hall–Kier alpha value is -0.510. The van der Waals surface area contributed by atoms with E-state index in [9.17, 15) is 16.8 Å². The first kappa shape index (κ1) is 16.5. The van der Waals surface area contributed by atoms with Crippen LogP contribution in [0.3, 0.4) is 0 Å². The van der Waals surface area contributed by atoms with Crippen molar-refractivity contribution in [2.24, 2.45) is 0 Å². The summed E-state index contributed by atoms with van der Waals surface area (Å²) >= 11 is 3.21. The summed E-state index contributed by atoms with van der Waals surface area (Å²) in [5.74, 6) is -0.540. The minimum Gasteiger partial charge on any atom is -0.263 e. The largest absolute Gasteiger partial charge is 0.263 e. The molecule has 0 aliphatic carbocycles. The molecule has 1 aromatic rings. The van der Waals surface area contributed by atoms with E-state index in [0.29, 0.717) is 13.7 Å². The number of halogens is 1. The zero-order chi connectivity index (χ0) is 14.7. The SMILES string of the molecule is CCS(=O)(=O)N(Cc1cncc(Br)c1)S(=O)(=O)CC. The van der Waals surface area contributed by atoms with E-state index in [4.69, 9.17) is 0 Å². The summed E-state index contributed by atoms with van der Waals surface area (Å²) in [6.07, 6.45) is 2.98. The quantitative estimate of drug-likeness (QED) is 0.754. The molecule has 0 unspecified atom stereocenters. The van der Waals surface area contributed by atoms with Crippen molar-refractivity contribution >= 4 is 36.0 Å². The van der Waals surface area contributed by atoms with Gasteiger partial charge in [0.1, 0.15) is 0 Å². The van der Waals surface area contributed by atoms with Crippen LogP contribution >= 0.6 is 15.9 Å². The van der Waals surface area contributed by atoms with Crippen molar-refractivity contribution in [2.45, 2.75) is 20.4 Å². The highest BCUT2D eigenvalue weighted by molar-refractivity contribution is 9.10. The summed E-state index contributed by atoms with van der Waals surface area (Å²) < 4.78 is 48.8. The second kappa shape index (κ2) is 6.29. The Balaban J connectivity index is 3.21. The van der Waals surface area contributed by atoms with Gasteiger partial charge in [0.15, 0.2) is 0 Å². The summed E-state index contributed by atoms with van der Waals surface area (Å²) in [7, 11) is -7.68. The fourth-order valence-electron chi connectivity index (χ4n) is 1.35. The van der Waals surface area contributed by atoms with E-state index in [1.807, 2.05) is 0 Å². The molecule has 1 rings (SSSR count). The van der Waals surface area contributed by atoms with Crippen LogP contribution in [0.5, 0.6) is 0 Å². The van der Waals surface area contributed by atoms with Gasteiger partial charge in [-0.15, -0.1) is 0 Å². The smallest absolute Gasteiger partial charge is 0.227 e. The van der Waals surface area contributed by atoms with Crippen LogP contribution in [-0.2, 0) is 26.6 Å². The minimum atomic E-state index is -3.84. The van der Waals surface area contributed by atoms with Crippen molar-refractivity contribution in [3.05, 3.63) is 28.5 Å². The molecule has 1 heterocycles. The maximum Gasteiger partial charge on any atom is 0.227 e. The Kier molecular flexibility index (Phi) is 5.48. The van der Waals surface area contributed by atoms with Crippen LogP contribution in [0.2, 0.25) is 0 Å². The van der Waals surface area contributed by atoms with Crippen LogP contribution in [0.1, 0.15) is 19.4 Å². The van der Waals surface area contributed by atoms with Crippen molar-refractivity contribution in [1.29, 1.82) is 0 Å².